The average molecular weight is 885 g/mol. The zero-order valence-corrected chi connectivity index (χ0v) is 38.7. The van der Waals surface area contributed by atoms with Crippen molar-refractivity contribution < 1.29 is 38.2 Å². The molecule has 340 valence electrons. The van der Waals surface area contributed by atoms with Crippen LogP contribution in [0.25, 0.3) is 0 Å². The van der Waals surface area contributed by atoms with Gasteiger partial charge in [-0.25, -0.2) is 10.4 Å². The highest BCUT2D eigenvalue weighted by atomic mass is 32.1. The number of aromatic nitrogens is 1. The van der Waals surface area contributed by atoms with Gasteiger partial charge < -0.3 is 19.7 Å². The third-order valence-corrected chi connectivity index (χ3v) is 12.2. The normalized spacial score (nSPS) is 15.1. The number of hydrogen-bond acceptors (Lipinski definition) is 11. The first-order valence-corrected chi connectivity index (χ1v) is 22.8. The molecule has 1 aliphatic rings. The fraction of sp³-hybridized carbons (Fsp3) is 0.500. The van der Waals surface area contributed by atoms with Crippen LogP contribution in [0.5, 0.6) is 5.75 Å². The summed E-state index contributed by atoms with van der Waals surface area (Å²) in [6.45, 7) is 14.0. The van der Waals surface area contributed by atoms with Gasteiger partial charge in [-0.1, -0.05) is 71.4 Å². The van der Waals surface area contributed by atoms with Gasteiger partial charge in [0.2, 0.25) is 11.8 Å². The van der Waals surface area contributed by atoms with Crippen molar-refractivity contribution >= 4 is 52.6 Å². The number of ether oxygens (including phenoxy) is 2. The first kappa shape index (κ1) is 50.0. The van der Waals surface area contributed by atoms with Gasteiger partial charge in [0.1, 0.15) is 16.5 Å². The van der Waals surface area contributed by atoms with Crippen molar-refractivity contribution in [2.24, 2.45) is 22.9 Å². The Hall–Kier alpha value is -5.70. The van der Waals surface area contributed by atoms with Crippen molar-refractivity contribution in [3.8, 4) is 5.75 Å². The largest absolute Gasteiger partial charge is 0.494 e. The summed E-state index contributed by atoms with van der Waals surface area (Å²) < 4.78 is 11.6. The predicted molar refractivity (Wildman–Crippen MR) is 244 cm³/mol. The number of amides is 5. The second kappa shape index (κ2) is 24.8. The number of hydrogen-bond donors (Lipinski definition) is 2. The maximum Gasteiger partial charge on any atom is 0.303 e. The summed E-state index contributed by atoms with van der Waals surface area (Å²) in [5.41, 5.74) is 5.26. The Balaban J connectivity index is 1.34. The minimum absolute atomic E-state index is 0.0310. The van der Waals surface area contributed by atoms with Gasteiger partial charge in [0.25, 0.3) is 17.7 Å². The number of esters is 1. The molecule has 14 nitrogen and oxygen atoms in total. The van der Waals surface area contributed by atoms with Crippen molar-refractivity contribution in [3.05, 3.63) is 94.0 Å². The number of carbonyl (C=O) groups excluding carboxylic acids is 6. The van der Waals surface area contributed by atoms with E-state index < -0.39 is 29.9 Å². The van der Waals surface area contributed by atoms with Crippen molar-refractivity contribution in [2.75, 3.05) is 20.2 Å². The van der Waals surface area contributed by atoms with E-state index in [0.29, 0.717) is 61.7 Å². The summed E-state index contributed by atoms with van der Waals surface area (Å²) in [5, 5.41) is 9.56. The van der Waals surface area contributed by atoms with Crippen LogP contribution in [-0.4, -0.2) is 88.3 Å². The van der Waals surface area contributed by atoms with Crippen LogP contribution < -0.4 is 15.5 Å². The Morgan fingerprint density at radius 1 is 0.905 bits per heavy atom. The molecule has 2 aromatic carbocycles. The molecule has 3 aromatic rings. The van der Waals surface area contributed by atoms with Crippen LogP contribution in [-0.2, 0) is 35.1 Å². The molecule has 0 bridgehead atoms. The maximum atomic E-state index is 13.8. The molecule has 0 saturated carbocycles. The van der Waals surface area contributed by atoms with E-state index in [4.69, 9.17) is 9.47 Å². The van der Waals surface area contributed by atoms with Gasteiger partial charge in [0.05, 0.1) is 12.3 Å². The first-order chi connectivity index (χ1) is 30.1. The Morgan fingerprint density at radius 3 is 2.22 bits per heavy atom. The molecule has 5 atom stereocenters. The van der Waals surface area contributed by atoms with Crippen LogP contribution in [0.4, 0.5) is 0 Å². The number of rotatable bonds is 25. The van der Waals surface area contributed by atoms with E-state index in [2.05, 4.69) is 34.7 Å². The predicted octanol–water partition coefficient (Wildman–Crippen LogP) is 7.44. The fourth-order valence-corrected chi connectivity index (χ4v) is 8.03. The lowest BCUT2D eigenvalue weighted by Gasteiger charge is -2.34. The number of imide groups is 1. The lowest BCUT2D eigenvalue weighted by molar-refractivity contribution is -0.148. The molecule has 2 N–H and O–H groups in total. The Kier molecular flexibility index (Phi) is 19.7. The van der Waals surface area contributed by atoms with Gasteiger partial charge in [-0.05, 0) is 86.3 Å². The summed E-state index contributed by atoms with van der Waals surface area (Å²) in [6.07, 6.45) is 6.57. The number of hydrazone groups is 1. The number of benzene rings is 2. The topological polar surface area (TPSA) is 177 Å². The van der Waals surface area contributed by atoms with Gasteiger partial charge >= 0.3 is 5.97 Å². The van der Waals surface area contributed by atoms with E-state index in [1.54, 1.807) is 31.2 Å². The molecule has 63 heavy (non-hydrogen) atoms. The van der Waals surface area contributed by atoms with Crippen LogP contribution in [0, 0.1) is 17.8 Å². The van der Waals surface area contributed by atoms with E-state index in [9.17, 15) is 28.8 Å². The molecular formula is C48H64N6O8S. The molecule has 4 rings (SSSR count). The van der Waals surface area contributed by atoms with E-state index in [1.165, 1.54) is 35.3 Å². The molecule has 0 fully saturated rings. The van der Waals surface area contributed by atoms with Gasteiger partial charge in [-0.3, -0.25) is 33.7 Å². The Morgan fingerprint density at radius 2 is 1.59 bits per heavy atom. The van der Waals surface area contributed by atoms with Crippen molar-refractivity contribution in [3.63, 3.8) is 0 Å². The smallest absolute Gasteiger partial charge is 0.303 e. The molecule has 0 spiro atoms. The molecule has 5 amide bonds. The molecule has 2 heterocycles. The molecule has 0 aliphatic carbocycles. The second-order valence-corrected chi connectivity index (χ2v) is 17.6. The van der Waals surface area contributed by atoms with Crippen molar-refractivity contribution in [2.45, 2.75) is 118 Å². The van der Waals surface area contributed by atoms with E-state index in [1.807, 2.05) is 68.4 Å². The molecule has 0 radical (unpaired) electrons. The third kappa shape index (κ3) is 15.9. The van der Waals surface area contributed by atoms with E-state index in [0.717, 1.165) is 30.4 Å². The van der Waals surface area contributed by atoms with Crippen LogP contribution in [0.3, 0.4) is 0 Å². The molecule has 15 heteroatoms. The molecule has 0 saturated heterocycles. The molecular weight excluding hydrogens is 821 g/mol. The summed E-state index contributed by atoms with van der Waals surface area (Å²) >= 11 is 1.22. The lowest BCUT2D eigenvalue weighted by Crippen LogP contribution is -2.42. The first-order valence-electron chi connectivity index (χ1n) is 21.9. The molecule has 0 unspecified atom stereocenters. The summed E-state index contributed by atoms with van der Waals surface area (Å²) in [4.78, 5) is 83.6. The molecule has 1 aromatic heterocycles. The lowest BCUT2D eigenvalue weighted by atomic mass is 9.95. The second-order valence-electron chi connectivity index (χ2n) is 16.7. The minimum Gasteiger partial charge on any atom is -0.494 e. The van der Waals surface area contributed by atoms with E-state index in [-0.39, 0.29) is 47.2 Å². The van der Waals surface area contributed by atoms with Crippen LogP contribution in [0.2, 0.25) is 0 Å². The minimum atomic E-state index is -0.756. The number of nitrogens with one attached hydrogen (secondary N) is 2. The van der Waals surface area contributed by atoms with Crippen molar-refractivity contribution in [1.82, 2.24) is 25.5 Å². The summed E-state index contributed by atoms with van der Waals surface area (Å²) in [6, 6.07) is 16.4. The fourth-order valence-electron chi connectivity index (χ4n) is 7.19. The highest BCUT2D eigenvalue weighted by molar-refractivity contribution is 7.09. The van der Waals surface area contributed by atoms with Gasteiger partial charge in [-0.15, -0.1) is 11.3 Å². The number of unbranched alkanes of at least 4 members (excludes halogenated alkanes) is 2. The van der Waals surface area contributed by atoms with E-state index >= 15 is 0 Å². The van der Waals surface area contributed by atoms with Crippen molar-refractivity contribution in [1.29, 1.82) is 0 Å². The summed E-state index contributed by atoms with van der Waals surface area (Å²) in [5.74, 6) is -1.22. The summed E-state index contributed by atoms with van der Waals surface area (Å²) in [7, 11) is 1.79. The van der Waals surface area contributed by atoms with Crippen LogP contribution in [0.1, 0.15) is 126 Å². The highest BCUT2D eigenvalue weighted by Gasteiger charge is 2.31. The maximum absolute atomic E-state index is 13.8. The number of nitrogens with zero attached hydrogens (tertiary/aromatic N) is 4. The highest BCUT2D eigenvalue weighted by Crippen LogP contribution is 2.31. The Labute approximate surface area is 375 Å². The zero-order valence-electron chi connectivity index (χ0n) is 37.9. The van der Waals surface area contributed by atoms with Gasteiger partial charge in [-0.2, -0.15) is 5.10 Å². The third-order valence-electron chi connectivity index (χ3n) is 11.2. The standard InChI is InChI=1S/C48H64N6O8S/c1-9-32(4)26-45(58)53(8)41(31(2)3)29-42(62-35(7)55)48-50-40(30-63-48)47(60)49-38(28-36-16-12-10-13-17-36)27-33(5)46(59)52-51-34(6)37-18-20-39(21-19-37)61-25-15-11-14-24-54-43(56)22-23-44(54)57/h10,12-13,16-23,30-33,38,41-42H,9,11,14-15,24-29H2,1-8H3,(H,49,60)(H,52,59)/b51-34-/t32-,33-,38+,41+,42+/m0/s1. The SMILES string of the molecule is CC[C@H](C)CC(=O)N(C)[C@H](C[C@@H](OC(C)=O)c1nc(C(=O)N[C@@H](Cc2ccccc2)C[C@H](C)C(=O)N/N=C(/C)c2ccc(OCCCCCN3C(=O)C=CC3=O)cc2)cs1)C(C)C. The average Bonchev–Trinajstić information content (AvgIpc) is 3.88. The monoisotopic (exact) mass is 884 g/mol. The van der Waals surface area contributed by atoms with Crippen LogP contribution in [0.15, 0.2) is 77.2 Å². The zero-order chi connectivity index (χ0) is 46.1. The van der Waals surface area contributed by atoms with Gasteiger partial charge in [0, 0.05) is 68.9 Å². The van der Waals surface area contributed by atoms with Gasteiger partial charge in [0.15, 0.2) is 6.10 Å². The number of thiazole rings is 1. The molecule has 1 aliphatic heterocycles. The van der Waals surface area contributed by atoms with Crippen LogP contribution >= 0.6 is 11.3 Å². The number of carbonyl (C=O) groups is 6. The quantitative estimate of drug-likeness (QED) is 0.0288. The Bertz CT molecular complexity index is 2050.